The monoisotopic (exact) mass is 485 g/mol. The van der Waals surface area contributed by atoms with Crippen LogP contribution < -0.4 is 9.62 Å². The quantitative estimate of drug-likeness (QED) is 0.591. The average molecular weight is 486 g/mol. The summed E-state index contributed by atoms with van der Waals surface area (Å²) in [5.74, 6) is -0.887. The molecule has 2 aromatic carbocycles. The van der Waals surface area contributed by atoms with Crippen molar-refractivity contribution in [1.29, 1.82) is 0 Å². The molecule has 0 saturated carbocycles. The van der Waals surface area contributed by atoms with E-state index in [0.29, 0.717) is 6.42 Å². The van der Waals surface area contributed by atoms with Crippen molar-refractivity contribution in [2.75, 3.05) is 30.7 Å². The lowest BCUT2D eigenvalue weighted by molar-refractivity contribution is -0.138. The van der Waals surface area contributed by atoms with Gasteiger partial charge in [-0.3, -0.25) is 13.9 Å². The van der Waals surface area contributed by atoms with Crippen LogP contribution in [0.5, 0.6) is 0 Å². The Morgan fingerprint density at radius 1 is 1.10 bits per heavy atom. The van der Waals surface area contributed by atoms with Crippen molar-refractivity contribution < 1.29 is 18.0 Å². The van der Waals surface area contributed by atoms with Gasteiger partial charge < -0.3 is 10.2 Å². The summed E-state index contributed by atoms with van der Waals surface area (Å²) < 4.78 is 25.8. The lowest BCUT2D eigenvalue weighted by Crippen LogP contribution is -2.51. The molecule has 0 radical (unpaired) electrons. The molecule has 0 saturated heterocycles. The maximum atomic E-state index is 13.2. The third-order valence-corrected chi connectivity index (χ3v) is 6.44. The van der Waals surface area contributed by atoms with E-state index < -0.39 is 28.5 Å². The van der Waals surface area contributed by atoms with Gasteiger partial charge >= 0.3 is 0 Å². The lowest BCUT2D eigenvalue weighted by Gasteiger charge is -2.31. The van der Waals surface area contributed by atoms with Crippen LogP contribution >= 0.6 is 23.2 Å². The Morgan fingerprint density at radius 2 is 1.74 bits per heavy atom. The van der Waals surface area contributed by atoms with Crippen LogP contribution in [-0.4, -0.2) is 57.6 Å². The molecule has 0 fully saturated rings. The molecule has 168 valence electrons. The van der Waals surface area contributed by atoms with E-state index in [-0.39, 0.29) is 28.2 Å². The molecule has 7 nitrogen and oxygen atoms in total. The van der Waals surface area contributed by atoms with Gasteiger partial charge in [0.1, 0.15) is 12.6 Å². The van der Waals surface area contributed by atoms with Crippen LogP contribution in [0.1, 0.15) is 12.5 Å². The highest BCUT2D eigenvalue weighted by Gasteiger charge is 2.30. The first kappa shape index (κ1) is 25.0. The van der Waals surface area contributed by atoms with Gasteiger partial charge in [0.15, 0.2) is 0 Å². The summed E-state index contributed by atoms with van der Waals surface area (Å²) in [6.45, 7) is 1.31. The topological polar surface area (TPSA) is 86.8 Å². The van der Waals surface area contributed by atoms with E-state index >= 15 is 0 Å². The second-order valence-corrected chi connectivity index (χ2v) is 9.73. The van der Waals surface area contributed by atoms with Crippen molar-refractivity contribution in [1.82, 2.24) is 10.2 Å². The van der Waals surface area contributed by atoms with Crippen molar-refractivity contribution >= 4 is 50.7 Å². The second-order valence-electron chi connectivity index (χ2n) is 6.98. The predicted molar refractivity (Wildman–Crippen MR) is 124 cm³/mol. The van der Waals surface area contributed by atoms with Gasteiger partial charge in [-0.05, 0) is 37.1 Å². The predicted octanol–water partition coefficient (Wildman–Crippen LogP) is 2.97. The van der Waals surface area contributed by atoms with Crippen LogP contribution in [0.15, 0.2) is 48.5 Å². The maximum absolute atomic E-state index is 13.2. The highest BCUT2D eigenvalue weighted by atomic mass is 35.5. The van der Waals surface area contributed by atoms with E-state index in [1.807, 2.05) is 30.3 Å². The summed E-state index contributed by atoms with van der Waals surface area (Å²) in [5, 5.41) is 2.94. The van der Waals surface area contributed by atoms with Crippen LogP contribution in [0.25, 0.3) is 0 Å². The van der Waals surface area contributed by atoms with E-state index in [1.165, 1.54) is 30.1 Å². The number of benzene rings is 2. The summed E-state index contributed by atoms with van der Waals surface area (Å²) in [7, 11) is -2.38. The van der Waals surface area contributed by atoms with Crippen LogP contribution in [0, 0.1) is 0 Å². The van der Waals surface area contributed by atoms with Crippen LogP contribution in [0.2, 0.25) is 10.0 Å². The summed E-state index contributed by atoms with van der Waals surface area (Å²) in [4.78, 5) is 26.8. The Labute approximate surface area is 193 Å². The van der Waals surface area contributed by atoms with Crippen molar-refractivity contribution in [2.24, 2.45) is 0 Å². The SMILES string of the molecule is CNC(=O)[C@H](C)N(CCc1ccccc1)C(=O)CN(c1cc(Cl)ccc1Cl)S(C)(=O)=O. The van der Waals surface area contributed by atoms with Crippen molar-refractivity contribution in [3.8, 4) is 0 Å². The molecule has 0 aliphatic rings. The van der Waals surface area contributed by atoms with Gasteiger partial charge in [-0.2, -0.15) is 0 Å². The fourth-order valence-corrected chi connectivity index (χ4v) is 4.34. The normalized spacial score (nSPS) is 12.2. The van der Waals surface area contributed by atoms with Crippen molar-refractivity contribution in [3.63, 3.8) is 0 Å². The molecular formula is C21H25Cl2N3O4S. The fourth-order valence-electron chi connectivity index (χ4n) is 3.05. The van der Waals surface area contributed by atoms with Gasteiger partial charge in [-0.15, -0.1) is 0 Å². The zero-order valence-corrected chi connectivity index (χ0v) is 19.8. The number of nitrogens with one attached hydrogen (secondary N) is 1. The zero-order chi connectivity index (χ0) is 23.2. The molecule has 2 aromatic rings. The Bertz CT molecular complexity index is 1030. The van der Waals surface area contributed by atoms with Gasteiger partial charge in [0.05, 0.1) is 17.0 Å². The minimum Gasteiger partial charge on any atom is -0.357 e. The van der Waals surface area contributed by atoms with E-state index in [1.54, 1.807) is 6.92 Å². The molecule has 0 aliphatic heterocycles. The smallest absolute Gasteiger partial charge is 0.244 e. The summed E-state index contributed by atoms with van der Waals surface area (Å²) in [6.07, 6.45) is 1.48. The van der Waals surface area contributed by atoms with Crippen LogP contribution in [0.4, 0.5) is 5.69 Å². The molecule has 2 amide bonds. The van der Waals surface area contributed by atoms with E-state index in [4.69, 9.17) is 23.2 Å². The van der Waals surface area contributed by atoms with Crippen LogP contribution in [0.3, 0.4) is 0 Å². The molecular weight excluding hydrogens is 461 g/mol. The Hall–Kier alpha value is -2.29. The van der Waals surface area contributed by atoms with Crippen LogP contribution in [-0.2, 0) is 26.0 Å². The Morgan fingerprint density at radius 3 is 2.32 bits per heavy atom. The minimum atomic E-state index is -3.86. The largest absolute Gasteiger partial charge is 0.357 e. The molecule has 0 heterocycles. The van der Waals surface area contributed by atoms with Gasteiger partial charge in [-0.25, -0.2) is 8.42 Å². The van der Waals surface area contributed by atoms with Crippen molar-refractivity contribution in [2.45, 2.75) is 19.4 Å². The number of hydrogen-bond acceptors (Lipinski definition) is 4. The Kier molecular flexibility index (Phi) is 8.73. The number of carbonyl (C=O) groups is 2. The molecule has 10 heteroatoms. The zero-order valence-electron chi connectivity index (χ0n) is 17.5. The number of rotatable bonds is 9. The number of sulfonamides is 1. The standard InChI is InChI=1S/C21H25Cl2N3O4S/c1-15(21(28)24-2)25(12-11-16-7-5-4-6-8-16)20(27)14-26(31(3,29)30)19-13-17(22)9-10-18(19)23/h4-10,13,15H,11-12,14H2,1-3H3,(H,24,28)/t15-/m0/s1. The van der Waals surface area contributed by atoms with E-state index in [9.17, 15) is 18.0 Å². The third kappa shape index (κ3) is 6.85. The third-order valence-electron chi connectivity index (χ3n) is 4.75. The molecule has 0 spiro atoms. The average Bonchev–Trinajstić information content (AvgIpc) is 2.73. The molecule has 1 atom stereocenters. The number of nitrogens with zero attached hydrogens (tertiary/aromatic N) is 2. The minimum absolute atomic E-state index is 0.0978. The number of amides is 2. The van der Waals surface area contributed by atoms with Crippen molar-refractivity contribution in [3.05, 3.63) is 64.1 Å². The molecule has 0 unspecified atom stereocenters. The Balaban J connectivity index is 2.34. The summed E-state index contributed by atoms with van der Waals surface area (Å²) >= 11 is 12.2. The fraction of sp³-hybridized carbons (Fsp3) is 0.333. The maximum Gasteiger partial charge on any atom is 0.244 e. The first-order valence-electron chi connectivity index (χ1n) is 9.52. The van der Waals surface area contributed by atoms with Gasteiger partial charge in [0.2, 0.25) is 21.8 Å². The molecule has 1 N–H and O–H groups in total. The lowest BCUT2D eigenvalue weighted by atomic mass is 10.1. The number of hydrogen-bond donors (Lipinski definition) is 1. The first-order valence-corrected chi connectivity index (χ1v) is 12.1. The van der Waals surface area contributed by atoms with E-state index in [2.05, 4.69) is 5.32 Å². The van der Waals surface area contributed by atoms with Gasteiger partial charge in [-0.1, -0.05) is 53.5 Å². The number of halogens is 2. The van der Waals surface area contributed by atoms with Gasteiger partial charge in [0, 0.05) is 18.6 Å². The number of carbonyl (C=O) groups excluding carboxylic acids is 2. The molecule has 31 heavy (non-hydrogen) atoms. The highest BCUT2D eigenvalue weighted by Crippen LogP contribution is 2.30. The summed E-state index contributed by atoms with van der Waals surface area (Å²) in [6, 6.07) is 13.1. The number of likely N-dealkylation sites (N-methyl/N-ethyl adjacent to an activating group) is 1. The molecule has 0 aromatic heterocycles. The van der Waals surface area contributed by atoms with E-state index in [0.717, 1.165) is 16.1 Å². The first-order chi connectivity index (χ1) is 14.5. The second kappa shape index (κ2) is 10.8. The molecule has 2 rings (SSSR count). The molecule has 0 bridgehead atoms. The molecule has 0 aliphatic carbocycles. The highest BCUT2D eigenvalue weighted by molar-refractivity contribution is 7.92. The number of anilines is 1. The van der Waals surface area contributed by atoms with Gasteiger partial charge in [0.25, 0.3) is 0 Å². The summed E-state index contributed by atoms with van der Waals surface area (Å²) in [5.41, 5.74) is 1.09.